The minimum absolute atomic E-state index is 0.688. The first-order valence-electron chi connectivity index (χ1n) is 11.2. The highest BCUT2D eigenvalue weighted by molar-refractivity contribution is 5.76. The fourth-order valence-corrected chi connectivity index (χ4v) is 4.53. The zero-order valence-corrected chi connectivity index (χ0v) is 19.6. The number of hydrogen-bond donors (Lipinski definition) is 0. The number of aryl methyl sites for hydroxylation is 1. The van der Waals surface area contributed by atoms with Gasteiger partial charge in [-0.3, -0.25) is 0 Å². The van der Waals surface area contributed by atoms with Crippen LogP contribution in [-0.4, -0.2) is 55.0 Å². The van der Waals surface area contributed by atoms with Crippen molar-refractivity contribution < 1.29 is 9.47 Å². The smallest absolute Gasteiger partial charge is 0.161 e. The molecule has 5 rings (SSSR count). The van der Waals surface area contributed by atoms with E-state index in [1.54, 1.807) is 14.2 Å². The topological polar surface area (TPSA) is 55.1 Å². The number of methoxy groups -OCH3 is 2. The Hall–Kier alpha value is -3.74. The van der Waals surface area contributed by atoms with Gasteiger partial charge in [0.25, 0.3) is 0 Å². The lowest BCUT2D eigenvalue weighted by molar-refractivity contribution is 0.355. The number of aromatic nitrogens is 3. The van der Waals surface area contributed by atoms with Gasteiger partial charge in [0.15, 0.2) is 17.3 Å². The standard InChI is InChI=1S/C26H29N5O2/c1-18-6-5-7-22(19(18)2)29-12-14-30(15-13-29)26-23-17-21(28-31(23)11-10-27-26)20-8-9-24(32-3)25(16-20)33-4/h5-11,16-17H,12-15H2,1-4H3. The molecule has 0 atom stereocenters. The molecule has 7 heteroatoms. The maximum atomic E-state index is 5.47. The van der Waals surface area contributed by atoms with Gasteiger partial charge in [0.1, 0.15) is 5.52 Å². The third-order valence-electron chi connectivity index (χ3n) is 6.54. The molecule has 1 aliphatic rings. The molecule has 1 aliphatic heterocycles. The summed E-state index contributed by atoms with van der Waals surface area (Å²) in [7, 11) is 3.28. The van der Waals surface area contributed by atoms with Crippen molar-refractivity contribution >= 4 is 17.0 Å². The van der Waals surface area contributed by atoms with Crippen LogP contribution in [0.2, 0.25) is 0 Å². The first-order valence-corrected chi connectivity index (χ1v) is 11.2. The molecule has 0 aliphatic carbocycles. The van der Waals surface area contributed by atoms with Crippen LogP contribution in [0, 0.1) is 13.8 Å². The van der Waals surface area contributed by atoms with Crippen molar-refractivity contribution in [2.45, 2.75) is 13.8 Å². The number of hydrogen-bond acceptors (Lipinski definition) is 6. The minimum atomic E-state index is 0.688. The fraction of sp³-hybridized carbons (Fsp3) is 0.308. The third kappa shape index (κ3) is 3.84. The first-order chi connectivity index (χ1) is 16.1. The lowest BCUT2D eigenvalue weighted by Crippen LogP contribution is -2.47. The molecule has 0 radical (unpaired) electrons. The van der Waals surface area contributed by atoms with Crippen molar-refractivity contribution in [3.8, 4) is 22.8 Å². The maximum absolute atomic E-state index is 5.47. The molecular formula is C26H29N5O2. The van der Waals surface area contributed by atoms with Crippen LogP contribution in [0.15, 0.2) is 54.9 Å². The van der Waals surface area contributed by atoms with Gasteiger partial charge in [0.2, 0.25) is 0 Å². The summed E-state index contributed by atoms with van der Waals surface area (Å²) in [5, 5.41) is 4.80. The van der Waals surface area contributed by atoms with Crippen molar-refractivity contribution in [2.75, 3.05) is 50.2 Å². The van der Waals surface area contributed by atoms with Crippen LogP contribution in [0.1, 0.15) is 11.1 Å². The molecule has 0 N–H and O–H groups in total. The van der Waals surface area contributed by atoms with Gasteiger partial charge in [0.05, 0.1) is 19.9 Å². The predicted octanol–water partition coefficient (Wildman–Crippen LogP) is 4.36. The van der Waals surface area contributed by atoms with Gasteiger partial charge in [-0.25, -0.2) is 9.50 Å². The summed E-state index contributed by atoms with van der Waals surface area (Å²) < 4.78 is 12.7. The van der Waals surface area contributed by atoms with Crippen LogP contribution in [0.3, 0.4) is 0 Å². The van der Waals surface area contributed by atoms with Gasteiger partial charge in [-0.15, -0.1) is 0 Å². The molecule has 2 aromatic heterocycles. The van der Waals surface area contributed by atoms with E-state index >= 15 is 0 Å². The summed E-state index contributed by atoms with van der Waals surface area (Å²) in [4.78, 5) is 9.56. The molecule has 2 aromatic carbocycles. The minimum Gasteiger partial charge on any atom is -0.493 e. The SMILES string of the molecule is COc1ccc(-c2cc3c(N4CCN(c5cccc(C)c5C)CC4)nccn3n2)cc1OC. The molecule has 0 unspecified atom stereocenters. The fourth-order valence-electron chi connectivity index (χ4n) is 4.53. The van der Waals surface area contributed by atoms with Crippen molar-refractivity contribution in [1.82, 2.24) is 14.6 Å². The van der Waals surface area contributed by atoms with E-state index in [-0.39, 0.29) is 0 Å². The molecule has 1 saturated heterocycles. The number of ether oxygens (including phenoxy) is 2. The molecule has 170 valence electrons. The van der Waals surface area contributed by atoms with Crippen LogP contribution in [-0.2, 0) is 0 Å². The van der Waals surface area contributed by atoms with Crippen LogP contribution in [0.5, 0.6) is 11.5 Å². The Morgan fingerprint density at radius 2 is 1.61 bits per heavy atom. The summed E-state index contributed by atoms with van der Waals surface area (Å²) in [6.07, 6.45) is 3.72. The lowest BCUT2D eigenvalue weighted by atomic mass is 10.1. The molecule has 0 amide bonds. The summed E-state index contributed by atoms with van der Waals surface area (Å²) in [6, 6.07) is 14.5. The highest BCUT2D eigenvalue weighted by Crippen LogP contribution is 2.33. The molecule has 0 saturated carbocycles. The van der Waals surface area contributed by atoms with Crippen molar-refractivity contribution in [3.05, 3.63) is 66.0 Å². The van der Waals surface area contributed by atoms with Gasteiger partial charge in [-0.2, -0.15) is 5.10 Å². The van der Waals surface area contributed by atoms with E-state index in [0.717, 1.165) is 48.8 Å². The van der Waals surface area contributed by atoms with E-state index in [4.69, 9.17) is 19.6 Å². The molecule has 4 aromatic rings. The Morgan fingerprint density at radius 3 is 2.36 bits per heavy atom. The van der Waals surface area contributed by atoms with E-state index in [1.807, 2.05) is 35.1 Å². The summed E-state index contributed by atoms with van der Waals surface area (Å²) in [5.41, 5.74) is 6.88. The van der Waals surface area contributed by atoms with E-state index in [2.05, 4.69) is 47.9 Å². The molecule has 1 fully saturated rings. The zero-order chi connectivity index (χ0) is 22.9. The van der Waals surface area contributed by atoms with Crippen molar-refractivity contribution in [2.24, 2.45) is 0 Å². The monoisotopic (exact) mass is 443 g/mol. The predicted molar refractivity (Wildman–Crippen MR) is 132 cm³/mol. The van der Waals surface area contributed by atoms with Gasteiger partial charge in [-0.1, -0.05) is 12.1 Å². The van der Waals surface area contributed by atoms with Crippen molar-refractivity contribution in [1.29, 1.82) is 0 Å². The second kappa shape index (κ2) is 8.65. The number of anilines is 2. The maximum Gasteiger partial charge on any atom is 0.161 e. The quantitative estimate of drug-likeness (QED) is 0.457. The van der Waals surface area contributed by atoms with Gasteiger partial charge < -0.3 is 19.3 Å². The van der Waals surface area contributed by atoms with E-state index in [0.29, 0.717) is 11.5 Å². The van der Waals surface area contributed by atoms with E-state index < -0.39 is 0 Å². The number of piperazine rings is 1. The summed E-state index contributed by atoms with van der Waals surface area (Å²) in [6.45, 7) is 8.14. The Labute approximate surface area is 194 Å². The van der Waals surface area contributed by atoms with Gasteiger partial charge in [-0.05, 0) is 55.3 Å². The zero-order valence-electron chi connectivity index (χ0n) is 19.6. The largest absolute Gasteiger partial charge is 0.493 e. The van der Waals surface area contributed by atoms with Crippen molar-refractivity contribution in [3.63, 3.8) is 0 Å². The van der Waals surface area contributed by atoms with Gasteiger partial charge in [0, 0.05) is 49.8 Å². The number of rotatable bonds is 5. The van der Waals surface area contributed by atoms with Crippen LogP contribution >= 0.6 is 0 Å². The highest BCUT2D eigenvalue weighted by atomic mass is 16.5. The second-order valence-corrected chi connectivity index (χ2v) is 8.37. The average Bonchev–Trinajstić information content (AvgIpc) is 3.30. The molecule has 33 heavy (non-hydrogen) atoms. The third-order valence-corrected chi connectivity index (χ3v) is 6.54. The molecule has 3 heterocycles. The normalized spacial score (nSPS) is 14.1. The first kappa shape index (κ1) is 21.1. The molecule has 0 spiro atoms. The lowest BCUT2D eigenvalue weighted by Gasteiger charge is -2.37. The molecule has 7 nitrogen and oxygen atoms in total. The molecule has 0 bridgehead atoms. The average molecular weight is 444 g/mol. The highest BCUT2D eigenvalue weighted by Gasteiger charge is 2.22. The Kier molecular flexibility index (Phi) is 5.54. The number of benzene rings is 2. The van der Waals surface area contributed by atoms with Crippen LogP contribution in [0.25, 0.3) is 16.8 Å². The van der Waals surface area contributed by atoms with Gasteiger partial charge >= 0.3 is 0 Å². The number of nitrogens with zero attached hydrogens (tertiary/aromatic N) is 5. The Bertz CT molecular complexity index is 1290. The van der Waals surface area contributed by atoms with E-state index in [9.17, 15) is 0 Å². The van der Waals surface area contributed by atoms with Crippen LogP contribution < -0.4 is 19.3 Å². The molecular weight excluding hydrogens is 414 g/mol. The van der Waals surface area contributed by atoms with E-state index in [1.165, 1.54) is 16.8 Å². The Morgan fingerprint density at radius 1 is 0.848 bits per heavy atom. The summed E-state index contributed by atoms with van der Waals surface area (Å²) in [5.74, 6) is 2.36. The second-order valence-electron chi connectivity index (χ2n) is 8.37. The number of fused-ring (bicyclic) bond motifs is 1. The Balaban J connectivity index is 1.41. The summed E-state index contributed by atoms with van der Waals surface area (Å²) >= 11 is 0. The van der Waals surface area contributed by atoms with Crippen LogP contribution in [0.4, 0.5) is 11.5 Å².